The van der Waals surface area contributed by atoms with Crippen molar-refractivity contribution >= 4 is 12.6 Å². The summed E-state index contributed by atoms with van der Waals surface area (Å²) in [6.45, 7) is 0.309. The zero-order valence-corrected chi connectivity index (χ0v) is 4.36. The Morgan fingerprint density at radius 2 is 2.33 bits per heavy atom. The van der Waals surface area contributed by atoms with Gasteiger partial charge in [-0.15, -0.1) is 0 Å². The first-order chi connectivity index (χ1) is 2.81. The minimum absolute atomic E-state index is 0.309. The molecule has 0 bridgehead atoms. The number of thiol groups is 1. The zero-order valence-electron chi connectivity index (χ0n) is 3.46. The van der Waals surface area contributed by atoms with Gasteiger partial charge in [-0.2, -0.15) is 12.6 Å². The first-order valence-electron chi connectivity index (χ1n) is 1.80. The van der Waals surface area contributed by atoms with Crippen LogP contribution in [0.25, 0.3) is 0 Å². The minimum atomic E-state index is -0.423. The van der Waals surface area contributed by atoms with E-state index in [1.54, 1.807) is 0 Å². The van der Waals surface area contributed by atoms with Gasteiger partial charge in [0.2, 0.25) is 0 Å². The maximum atomic E-state index is 8.47. The van der Waals surface area contributed by atoms with E-state index in [1.165, 1.54) is 0 Å². The SMILES string of the molecule is NC[C@@H](O)CS. The molecule has 0 aromatic heterocycles. The Bertz CT molecular complexity index is 30.0. The largest absolute Gasteiger partial charge is 0.391 e. The topological polar surface area (TPSA) is 46.2 Å². The molecule has 0 saturated heterocycles. The van der Waals surface area contributed by atoms with Gasteiger partial charge in [0.15, 0.2) is 0 Å². The van der Waals surface area contributed by atoms with Crippen molar-refractivity contribution in [3.05, 3.63) is 0 Å². The second-order valence-corrected chi connectivity index (χ2v) is 1.44. The summed E-state index contributed by atoms with van der Waals surface area (Å²) in [5.41, 5.74) is 4.98. The quantitative estimate of drug-likeness (QED) is 0.406. The van der Waals surface area contributed by atoms with Crippen LogP contribution in [0.4, 0.5) is 0 Å². The van der Waals surface area contributed by atoms with E-state index in [0.717, 1.165) is 0 Å². The molecule has 3 N–H and O–H groups in total. The third kappa shape index (κ3) is 2.50. The minimum Gasteiger partial charge on any atom is -0.391 e. The molecule has 0 aromatic rings. The summed E-state index contributed by atoms with van der Waals surface area (Å²) in [6.07, 6.45) is -0.423. The predicted octanol–water partition coefficient (Wildman–Crippen LogP) is -0.764. The van der Waals surface area contributed by atoms with E-state index in [9.17, 15) is 0 Å². The summed E-state index contributed by atoms with van der Waals surface area (Å²) in [6, 6.07) is 0. The van der Waals surface area contributed by atoms with Crippen molar-refractivity contribution in [3.63, 3.8) is 0 Å². The van der Waals surface area contributed by atoms with E-state index in [1.807, 2.05) is 0 Å². The molecule has 0 aliphatic carbocycles. The molecule has 0 rings (SSSR count). The molecule has 0 amide bonds. The molecule has 0 radical (unpaired) electrons. The van der Waals surface area contributed by atoms with Gasteiger partial charge in [0.05, 0.1) is 6.10 Å². The van der Waals surface area contributed by atoms with Crippen LogP contribution in [-0.2, 0) is 0 Å². The second kappa shape index (κ2) is 3.46. The van der Waals surface area contributed by atoms with Crippen LogP contribution in [0.2, 0.25) is 0 Å². The molecule has 0 aromatic carbocycles. The Labute approximate surface area is 42.8 Å². The van der Waals surface area contributed by atoms with Gasteiger partial charge in [-0.05, 0) is 0 Å². The Morgan fingerprint density at radius 3 is 2.33 bits per heavy atom. The van der Waals surface area contributed by atoms with Gasteiger partial charge in [-0.25, -0.2) is 0 Å². The zero-order chi connectivity index (χ0) is 4.99. The highest BCUT2D eigenvalue weighted by Crippen LogP contribution is 1.79. The molecule has 0 spiro atoms. The summed E-state index contributed by atoms with van der Waals surface area (Å²) < 4.78 is 0. The van der Waals surface area contributed by atoms with Crippen LogP contribution in [0.15, 0.2) is 0 Å². The molecular weight excluding hydrogens is 98.1 g/mol. The fraction of sp³-hybridized carbons (Fsp3) is 1.00. The van der Waals surface area contributed by atoms with Crippen LogP contribution >= 0.6 is 12.6 Å². The molecule has 1 atom stereocenters. The summed E-state index contributed by atoms with van der Waals surface area (Å²) >= 11 is 3.77. The van der Waals surface area contributed by atoms with Crippen LogP contribution in [0.1, 0.15) is 0 Å². The van der Waals surface area contributed by atoms with Gasteiger partial charge in [-0.3, -0.25) is 0 Å². The van der Waals surface area contributed by atoms with E-state index in [4.69, 9.17) is 10.8 Å². The molecule has 0 aliphatic rings. The highest BCUT2D eigenvalue weighted by atomic mass is 32.1. The molecular formula is C3H9NOS. The number of hydrogen-bond donors (Lipinski definition) is 3. The van der Waals surface area contributed by atoms with Crippen molar-refractivity contribution in [2.45, 2.75) is 6.10 Å². The number of aliphatic hydroxyl groups excluding tert-OH is 1. The van der Waals surface area contributed by atoms with Crippen LogP contribution in [0.5, 0.6) is 0 Å². The normalized spacial score (nSPS) is 14.5. The predicted molar refractivity (Wildman–Crippen MR) is 28.9 cm³/mol. The van der Waals surface area contributed by atoms with E-state index in [-0.39, 0.29) is 0 Å². The monoisotopic (exact) mass is 107 g/mol. The van der Waals surface area contributed by atoms with Crippen molar-refractivity contribution in [1.29, 1.82) is 0 Å². The lowest BCUT2D eigenvalue weighted by Crippen LogP contribution is -2.20. The number of nitrogens with two attached hydrogens (primary N) is 1. The Balaban J connectivity index is 2.75. The fourth-order valence-corrected chi connectivity index (χ4v) is 0.224. The van der Waals surface area contributed by atoms with Gasteiger partial charge in [0.25, 0.3) is 0 Å². The average Bonchev–Trinajstić information content (AvgIpc) is 1.65. The molecule has 2 nitrogen and oxygen atoms in total. The highest BCUT2D eigenvalue weighted by molar-refractivity contribution is 7.80. The molecule has 0 heterocycles. The number of hydrogen-bond acceptors (Lipinski definition) is 3. The maximum absolute atomic E-state index is 8.47. The van der Waals surface area contributed by atoms with Crippen molar-refractivity contribution < 1.29 is 5.11 Å². The van der Waals surface area contributed by atoms with Gasteiger partial charge < -0.3 is 10.8 Å². The Morgan fingerprint density at radius 1 is 1.83 bits per heavy atom. The molecule has 0 aliphatic heterocycles. The third-order valence-corrected chi connectivity index (χ3v) is 0.904. The molecule has 3 heteroatoms. The summed E-state index contributed by atoms with van der Waals surface area (Å²) in [4.78, 5) is 0. The highest BCUT2D eigenvalue weighted by Gasteiger charge is 1.91. The van der Waals surface area contributed by atoms with Gasteiger partial charge in [0.1, 0.15) is 0 Å². The van der Waals surface area contributed by atoms with Crippen molar-refractivity contribution in [2.24, 2.45) is 5.73 Å². The summed E-state index contributed by atoms with van der Waals surface area (Å²) in [7, 11) is 0. The Hall–Kier alpha value is 0.270. The maximum Gasteiger partial charge on any atom is 0.0750 e. The first-order valence-corrected chi connectivity index (χ1v) is 2.43. The summed E-state index contributed by atoms with van der Waals surface area (Å²) in [5.74, 6) is 0.455. The number of aliphatic hydroxyl groups is 1. The summed E-state index contributed by atoms with van der Waals surface area (Å²) in [5, 5.41) is 8.47. The molecule has 0 saturated carbocycles. The fourth-order valence-electron chi connectivity index (χ4n) is 0.0745. The van der Waals surface area contributed by atoms with Crippen molar-refractivity contribution in [1.82, 2.24) is 0 Å². The number of rotatable bonds is 2. The molecule has 0 fully saturated rings. The van der Waals surface area contributed by atoms with Crippen molar-refractivity contribution in [3.8, 4) is 0 Å². The lowest BCUT2D eigenvalue weighted by Gasteiger charge is -1.97. The third-order valence-electron chi connectivity index (χ3n) is 0.483. The van der Waals surface area contributed by atoms with Crippen LogP contribution in [0.3, 0.4) is 0 Å². The van der Waals surface area contributed by atoms with Crippen LogP contribution < -0.4 is 5.73 Å². The van der Waals surface area contributed by atoms with Crippen molar-refractivity contribution in [2.75, 3.05) is 12.3 Å². The van der Waals surface area contributed by atoms with E-state index in [2.05, 4.69) is 12.6 Å². The van der Waals surface area contributed by atoms with Gasteiger partial charge in [-0.1, -0.05) is 0 Å². The lowest BCUT2D eigenvalue weighted by atomic mass is 10.4. The van der Waals surface area contributed by atoms with E-state index in [0.29, 0.717) is 12.3 Å². The van der Waals surface area contributed by atoms with E-state index < -0.39 is 6.10 Å². The first kappa shape index (κ1) is 6.27. The van der Waals surface area contributed by atoms with Gasteiger partial charge >= 0.3 is 0 Å². The lowest BCUT2D eigenvalue weighted by molar-refractivity contribution is 0.208. The van der Waals surface area contributed by atoms with E-state index >= 15 is 0 Å². The standard InChI is InChI=1S/C3H9NOS/c4-1-3(5)2-6/h3,5-6H,1-2,4H2/t3-/m1/s1. The van der Waals surface area contributed by atoms with Crippen LogP contribution in [-0.4, -0.2) is 23.5 Å². The Kier molecular flexibility index (Phi) is 3.62. The average molecular weight is 107 g/mol. The molecule has 0 unspecified atom stereocenters. The smallest absolute Gasteiger partial charge is 0.0750 e. The molecule has 6 heavy (non-hydrogen) atoms. The molecule has 38 valence electrons. The van der Waals surface area contributed by atoms with Gasteiger partial charge in [0, 0.05) is 12.3 Å². The van der Waals surface area contributed by atoms with Crippen LogP contribution in [0, 0.1) is 0 Å². The second-order valence-electron chi connectivity index (χ2n) is 1.07.